The summed E-state index contributed by atoms with van der Waals surface area (Å²) in [6.45, 7) is 4.31. The van der Waals surface area contributed by atoms with Gasteiger partial charge in [0.2, 0.25) is 0 Å². The second kappa shape index (κ2) is 1.76. The Labute approximate surface area is 62.4 Å². The third-order valence-corrected chi connectivity index (χ3v) is 3.55. The Morgan fingerprint density at radius 2 is 1.10 bits per heavy atom. The van der Waals surface area contributed by atoms with Crippen LogP contribution in [0.1, 0.15) is 19.3 Å². The first-order valence-corrected chi connectivity index (χ1v) is 4.62. The van der Waals surface area contributed by atoms with E-state index in [4.69, 9.17) is 0 Å². The summed E-state index contributed by atoms with van der Waals surface area (Å²) in [7, 11) is 0. The van der Waals surface area contributed by atoms with Gasteiger partial charge in [-0.15, -0.1) is 0 Å². The molecule has 0 unspecified atom stereocenters. The Balaban J connectivity index is 1.90. The molecule has 0 amide bonds. The highest BCUT2D eigenvalue weighted by molar-refractivity contribution is 4.96. The molecule has 1 nitrogen and oxygen atoms in total. The molecule has 0 spiro atoms. The number of hydrogen-bond acceptors (Lipinski definition) is 1. The molecule has 0 aromatic rings. The molecule has 3 saturated heterocycles. The number of rotatable bonds is 0. The van der Waals surface area contributed by atoms with Gasteiger partial charge < -0.3 is 0 Å². The van der Waals surface area contributed by atoms with E-state index in [-0.39, 0.29) is 0 Å². The second-order valence-corrected chi connectivity index (χ2v) is 4.52. The molecule has 4 aliphatic rings. The lowest BCUT2D eigenvalue weighted by Crippen LogP contribution is -2.56. The fraction of sp³-hybridized carbons (Fsp3) is 1.00. The second-order valence-electron chi connectivity index (χ2n) is 4.52. The van der Waals surface area contributed by atoms with Crippen LogP contribution in [0.5, 0.6) is 0 Å². The molecule has 3 aliphatic heterocycles. The van der Waals surface area contributed by atoms with Crippen LogP contribution in [0.3, 0.4) is 0 Å². The minimum Gasteiger partial charge on any atom is -0.169 e. The summed E-state index contributed by atoms with van der Waals surface area (Å²) in [5.41, 5.74) is 0. The molecule has 1 saturated carbocycles. The van der Waals surface area contributed by atoms with Crippen LogP contribution in [-0.4, -0.2) is 19.6 Å². The van der Waals surface area contributed by atoms with E-state index in [0.717, 1.165) is 17.8 Å². The van der Waals surface area contributed by atoms with Gasteiger partial charge in [-0.25, -0.2) is 0 Å². The fourth-order valence-electron chi connectivity index (χ4n) is 3.47. The highest BCUT2D eigenvalue weighted by Crippen LogP contribution is 2.41. The standard InChI is InChI=1S/C9H15N/c1-7-2-9-3-8(1)5-10(4-7)6-9/h7-9H,1-6H2/q+1. The van der Waals surface area contributed by atoms with E-state index in [1.165, 1.54) is 19.6 Å². The van der Waals surface area contributed by atoms with E-state index in [9.17, 15) is 0 Å². The zero-order chi connectivity index (χ0) is 6.55. The molecule has 10 heavy (non-hydrogen) atoms. The SMILES string of the molecule is C1C2CC3CC1C[N+](C2)C3. The smallest absolute Gasteiger partial charge is 0.125 e. The zero-order valence-corrected chi connectivity index (χ0v) is 6.42. The minimum atomic E-state index is 1.10. The summed E-state index contributed by atoms with van der Waals surface area (Å²) in [6, 6.07) is 0. The molecule has 1 aliphatic carbocycles. The van der Waals surface area contributed by atoms with Crippen molar-refractivity contribution in [1.82, 2.24) is 4.90 Å². The van der Waals surface area contributed by atoms with E-state index in [1.807, 2.05) is 0 Å². The van der Waals surface area contributed by atoms with Crippen molar-refractivity contribution in [3.8, 4) is 0 Å². The first kappa shape index (κ1) is 5.59. The molecule has 0 aromatic heterocycles. The van der Waals surface area contributed by atoms with E-state index in [1.54, 1.807) is 19.3 Å². The van der Waals surface area contributed by atoms with Gasteiger partial charge in [-0.3, -0.25) is 0 Å². The predicted octanol–water partition coefficient (Wildman–Crippen LogP) is 1.19. The average Bonchev–Trinajstić information content (AvgIpc) is 1.82. The molecule has 0 aromatic carbocycles. The van der Waals surface area contributed by atoms with Gasteiger partial charge in [0.1, 0.15) is 19.6 Å². The molecule has 4 rings (SSSR count). The van der Waals surface area contributed by atoms with Crippen LogP contribution in [0.4, 0.5) is 0 Å². The van der Waals surface area contributed by atoms with Crippen molar-refractivity contribution in [2.24, 2.45) is 17.8 Å². The van der Waals surface area contributed by atoms with Crippen molar-refractivity contribution in [1.29, 1.82) is 0 Å². The first-order chi connectivity index (χ1) is 4.90. The van der Waals surface area contributed by atoms with Crippen LogP contribution in [0.2, 0.25) is 0 Å². The van der Waals surface area contributed by atoms with Crippen LogP contribution in [0.25, 0.3) is 0 Å². The van der Waals surface area contributed by atoms with Gasteiger partial charge in [-0.2, -0.15) is 4.90 Å². The third-order valence-electron chi connectivity index (χ3n) is 3.55. The summed E-state index contributed by atoms with van der Waals surface area (Å²) in [5, 5.41) is 0. The van der Waals surface area contributed by atoms with Crippen molar-refractivity contribution in [3.05, 3.63) is 0 Å². The third kappa shape index (κ3) is 0.672. The fourth-order valence-corrected chi connectivity index (χ4v) is 3.47. The first-order valence-electron chi connectivity index (χ1n) is 4.62. The molecule has 1 heteroatoms. The highest BCUT2D eigenvalue weighted by Gasteiger charge is 2.46. The number of hydrogen-bond donors (Lipinski definition) is 0. The van der Waals surface area contributed by atoms with Gasteiger partial charge in [0.15, 0.2) is 0 Å². The highest BCUT2D eigenvalue weighted by atomic mass is 15.2. The number of piperidine rings is 3. The summed E-state index contributed by atoms with van der Waals surface area (Å²) < 4.78 is 0. The van der Waals surface area contributed by atoms with Crippen molar-refractivity contribution < 1.29 is 0 Å². The van der Waals surface area contributed by atoms with Crippen molar-refractivity contribution in [3.63, 3.8) is 0 Å². The molecular weight excluding hydrogens is 122 g/mol. The number of nitrogens with zero attached hydrogens (tertiary/aromatic N) is 1. The molecule has 0 atom stereocenters. The van der Waals surface area contributed by atoms with Crippen LogP contribution in [0, 0.1) is 17.8 Å². The van der Waals surface area contributed by atoms with Crippen molar-refractivity contribution in [2.45, 2.75) is 19.3 Å². The maximum absolute atomic E-state index is 2.69. The summed E-state index contributed by atoms with van der Waals surface area (Å²) >= 11 is 0. The van der Waals surface area contributed by atoms with Crippen LogP contribution < -0.4 is 4.90 Å². The Bertz CT molecular complexity index is 96.3. The van der Waals surface area contributed by atoms with E-state index in [2.05, 4.69) is 4.90 Å². The summed E-state index contributed by atoms with van der Waals surface area (Å²) in [5.74, 6) is 3.31. The Morgan fingerprint density at radius 3 is 1.40 bits per heavy atom. The summed E-state index contributed by atoms with van der Waals surface area (Å²) in [4.78, 5) is 2.69. The van der Waals surface area contributed by atoms with Crippen molar-refractivity contribution >= 4 is 0 Å². The lowest BCUT2D eigenvalue weighted by Gasteiger charge is -2.44. The molecule has 3 heterocycles. The van der Waals surface area contributed by atoms with Gasteiger partial charge in [0.05, 0.1) is 0 Å². The normalized spacial score (nSPS) is 57.6. The van der Waals surface area contributed by atoms with Crippen molar-refractivity contribution in [2.75, 3.05) is 19.6 Å². The lowest BCUT2D eigenvalue weighted by atomic mass is 9.68. The predicted molar refractivity (Wildman–Crippen MR) is 41.1 cm³/mol. The van der Waals surface area contributed by atoms with Gasteiger partial charge in [-0.05, 0) is 19.3 Å². The van der Waals surface area contributed by atoms with Gasteiger partial charge >= 0.3 is 0 Å². The van der Waals surface area contributed by atoms with E-state index in [0.29, 0.717) is 0 Å². The maximum atomic E-state index is 2.69. The largest absolute Gasteiger partial charge is 0.169 e. The molecule has 0 N–H and O–H groups in total. The average molecular weight is 137 g/mol. The lowest BCUT2D eigenvalue weighted by molar-refractivity contribution is 0.0370. The van der Waals surface area contributed by atoms with Gasteiger partial charge in [0.25, 0.3) is 0 Å². The molecule has 1 radical (unpaired) electrons. The van der Waals surface area contributed by atoms with Gasteiger partial charge in [-0.1, -0.05) is 0 Å². The van der Waals surface area contributed by atoms with Gasteiger partial charge in [0, 0.05) is 17.8 Å². The Kier molecular flexibility index (Phi) is 0.984. The van der Waals surface area contributed by atoms with Crippen LogP contribution in [0.15, 0.2) is 0 Å². The maximum Gasteiger partial charge on any atom is 0.125 e. The monoisotopic (exact) mass is 137 g/mol. The molecule has 4 bridgehead atoms. The molecule has 55 valence electrons. The minimum absolute atomic E-state index is 1.10. The Hall–Kier alpha value is -0.0400. The quantitative estimate of drug-likeness (QED) is 0.442. The van der Waals surface area contributed by atoms with Crippen LogP contribution >= 0.6 is 0 Å². The zero-order valence-electron chi connectivity index (χ0n) is 6.42. The summed E-state index contributed by atoms with van der Waals surface area (Å²) in [6.07, 6.45) is 4.69. The van der Waals surface area contributed by atoms with E-state index >= 15 is 0 Å². The Morgan fingerprint density at radius 1 is 0.700 bits per heavy atom. The molecule has 4 fully saturated rings. The topological polar surface area (TPSA) is 5.90 Å². The van der Waals surface area contributed by atoms with E-state index < -0.39 is 0 Å². The molecular formula is C9H15N+. The van der Waals surface area contributed by atoms with Crippen LogP contribution in [-0.2, 0) is 0 Å².